The van der Waals surface area contributed by atoms with Gasteiger partial charge in [0.1, 0.15) is 0 Å². The number of nitrogens with zero attached hydrogens (tertiary/aromatic N) is 1. The lowest BCUT2D eigenvalue weighted by Gasteiger charge is -2.09. The molecule has 0 aliphatic rings. The maximum Gasteiger partial charge on any atom is 0.0670 e. The van der Waals surface area contributed by atoms with Gasteiger partial charge in [-0.05, 0) is 41.5 Å². The number of nitrogens with two attached hydrogens (primary N) is 1. The predicted octanol–water partition coefficient (Wildman–Crippen LogP) is 3.60. The summed E-state index contributed by atoms with van der Waals surface area (Å²) in [5.41, 5.74) is 9.40. The van der Waals surface area contributed by atoms with Gasteiger partial charge < -0.3 is 11.1 Å². The van der Waals surface area contributed by atoms with Crippen LogP contribution in [0.5, 0.6) is 0 Å². The molecule has 3 N–H and O–H groups in total. The molecule has 96 valence electrons. The van der Waals surface area contributed by atoms with E-state index >= 15 is 0 Å². The van der Waals surface area contributed by atoms with Crippen LogP contribution >= 0.6 is 11.6 Å². The van der Waals surface area contributed by atoms with Crippen LogP contribution in [-0.4, -0.2) is 0 Å². The molecule has 2 aromatic rings. The molecule has 19 heavy (non-hydrogen) atoms. The molecule has 0 bridgehead atoms. The molecule has 0 radical (unpaired) electrons. The second-order valence-corrected chi connectivity index (χ2v) is 4.66. The number of rotatable bonds is 4. The molecule has 0 fully saturated rings. The average Bonchev–Trinajstić information content (AvgIpc) is 2.42. The van der Waals surface area contributed by atoms with Crippen molar-refractivity contribution in [2.45, 2.75) is 13.0 Å². The summed E-state index contributed by atoms with van der Waals surface area (Å²) in [6.45, 7) is 0.701. The van der Waals surface area contributed by atoms with Gasteiger partial charge in [0, 0.05) is 22.9 Å². The Labute approximate surface area is 117 Å². The molecule has 2 rings (SSSR count). The lowest BCUT2D eigenvalue weighted by Crippen LogP contribution is -2.01. The van der Waals surface area contributed by atoms with E-state index in [1.165, 1.54) is 0 Å². The normalized spacial score (nSPS) is 9.89. The number of anilines is 2. The van der Waals surface area contributed by atoms with Gasteiger partial charge in [0.05, 0.1) is 12.5 Å². The molecule has 0 spiro atoms. The van der Waals surface area contributed by atoms with Gasteiger partial charge in [0.15, 0.2) is 0 Å². The van der Waals surface area contributed by atoms with Crippen LogP contribution in [0.1, 0.15) is 11.1 Å². The molecule has 0 amide bonds. The van der Waals surface area contributed by atoms with Crippen molar-refractivity contribution in [2.24, 2.45) is 0 Å². The molecule has 3 nitrogen and oxygen atoms in total. The Morgan fingerprint density at radius 2 is 1.89 bits per heavy atom. The topological polar surface area (TPSA) is 61.8 Å². The summed E-state index contributed by atoms with van der Waals surface area (Å²) >= 11 is 5.84. The minimum absolute atomic E-state index is 0.322. The first kappa shape index (κ1) is 13.3. The second kappa shape index (κ2) is 6.12. The van der Waals surface area contributed by atoms with Crippen molar-refractivity contribution >= 4 is 23.0 Å². The fraction of sp³-hybridized carbons (Fsp3) is 0.133. The summed E-state index contributed by atoms with van der Waals surface area (Å²) in [7, 11) is 0. The predicted molar refractivity (Wildman–Crippen MR) is 79.0 cm³/mol. The van der Waals surface area contributed by atoms with Crippen molar-refractivity contribution < 1.29 is 0 Å². The van der Waals surface area contributed by atoms with E-state index < -0.39 is 0 Å². The summed E-state index contributed by atoms with van der Waals surface area (Å²) in [6, 6.07) is 15.4. The molecule has 0 heterocycles. The molecule has 2 aromatic carbocycles. The number of benzene rings is 2. The van der Waals surface area contributed by atoms with Crippen LogP contribution in [0.25, 0.3) is 0 Å². The Hall–Kier alpha value is -2.18. The lowest BCUT2D eigenvalue weighted by molar-refractivity contribution is 1.14. The Kier molecular flexibility index (Phi) is 4.27. The van der Waals surface area contributed by atoms with E-state index in [1.807, 2.05) is 42.5 Å². The molecule has 0 aliphatic carbocycles. The zero-order valence-corrected chi connectivity index (χ0v) is 11.1. The molecule has 0 aliphatic heterocycles. The molecule has 4 heteroatoms. The van der Waals surface area contributed by atoms with E-state index in [1.54, 1.807) is 0 Å². The van der Waals surface area contributed by atoms with Crippen LogP contribution < -0.4 is 11.1 Å². The van der Waals surface area contributed by atoms with E-state index in [4.69, 9.17) is 22.6 Å². The van der Waals surface area contributed by atoms with Crippen LogP contribution in [0.15, 0.2) is 42.5 Å². The van der Waals surface area contributed by atoms with Crippen molar-refractivity contribution in [3.05, 3.63) is 58.6 Å². The highest BCUT2D eigenvalue weighted by molar-refractivity contribution is 6.30. The van der Waals surface area contributed by atoms with Crippen LogP contribution in [0.4, 0.5) is 11.4 Å². The molecule has 0 saturated heterocycles. The molecule has 0 saturated carbocycles. The van der Waals surface area contributed by atoms with Gasteiger partial charge in [0.25, 0.3) is 0 Å². The first-order valence-electron chi connectivity index (χ1n) is 5.92. The maximum absolute atomic E-state index is 8.73. The van der Waals surface area contributed by atoms with Gasteiger partial charge in [0.2, 0.25) is 0 Å². The summed E-state index contributed by atoms with van der Waals surface area (Å²) in [6.07, 6.45) is 0.322. The second-order valence-electron chi connectivity index (χ2n) is 4.23. The van der Waals surface area contributed by atoms with E-state index in [-0.39, 0.29) is 0 Å². The lowest BCUT2D eigenvalue weighted by atomic mass is 10.1. The number of hydrogen-bond acceptors (Lipinski definition) is 3. The number of nitrogen functional groups attached to an aromatic ring is 1. The number of halogens is 1. The third kappa shape index (κ3) is 3.64. The van der Waals surface area contributed by atoms with Gasteiger partial charge in [-0.1, -0.05) is 23.7 Å². The Morgan fingerprint density at radius 3 is 2.58 bits per heavy atom. The first-order chi connectivity index (χ1) is 9.19. The molecule has 0 aromatic heterocycles. The van der Waals surface area contributed by atoms with Crippen LogP contribution in [0.2, 0.25) is 5.02 Å². The standard InChI is InChI=1S/C15H14ClN3/c16-13-3-1-11(2-4-13)10-19-14-5-6-15(18)12(9-14)7-8-17/h1-6,9,19H,7,10,18H2. The van der Waals surface area contributed by atoms with E-state index in [0.29, 0.717) is 18.7 Å². The fourth-order valence-electron chi connectivity index (χ4n) is 1.76. The highest BCUT2D eigenvalue weighted by Gasteiger charge is 2.01. The monoisotopic (exact) mass is 271 g/mol. The van der Waals surface area contributed by atoms with Crippen LogP contribution in [0, 0.1) is 11.3 Å². The summed E-state index contributed by atoms with van der Waals surface area (Å²) in [4.78, 5) is 0. The van der Waals surface area contributed by atoms with Gasteiger partial charge in [-0.15, -0.1) is 0 Å². The van der Waals surface area contributed by atoms with Crippen LogP contribution in [-0.2, 0) is 13.0 Å². The first-order valence-corrected chi connectivity index (χ1v) is 6.30. The fourth-order valence-corrected chi connectivity index (χ4v) is 1.89. The van der Waals surface area contributed by atoms with Gasteiger partial charge in [-0.3, -0.25) is 0 Å². The Morgan fingerprint density at radius 1 is 1.16 bits per heavy atom. The van der Waals surface area contributed by atoms with Crippen molar-refractivity contribution in [3.8, 4) is 6.07 Å². The molecule has 0 atom stereocenters. The van der Waals surface area contributed by atoms with Gasteiger partial charge >= 0.3 is 0 Å². The average molecular weight is 272 g/mol. The molecular formula is C15H14ClN3. The van der Waals surface area contributed by atoms with Gasteiger partial charge in [-0.2, -0.15) is 5.26 Å². The number of nitriles is 1. The zero-order chi connectivity index (χ0) is 13.7. The van der Waals surface area contributed by atoms with Crippen molar-refractivity contribution in [3.63, 3.8) is 0 Å². The van der Waals surface area contributed by atoms with Crippen molar-refractivity contribution in [1.29, 1.82) is 5.26 Å². The number of nitrogens with one attached hydrogen (secondary N) is 1. The highest BCUT2D eigenvalue weighted by atomic mass is 35.5. The minimum Gasteiger partial charge on any atom is -0.398 e. The van der Waals surface area contributed by atoms with E-state index in [2.05, 4.69) is 11.4 Å². The van der Waals surface area contributed by atoms with Gasteiger partial charge in [-0.25, -0.2) is 0 Å². The summed E-state index contributed by atoms with van der Waals surface area (Å²) in [5, 5.41) is 12.8. The minimum atomic E-state index is 0.322. The Balaban J connectivity index is 2.05. The third-order valence-electron chi connectivity index (χ3n) is 2.82. The largest absolute Gasteiger partial charge is 0.398 e. The summed E-state index contributed by atoms with van der Waals surface area (Å²) < 4.78 is 0. The smallest absolute Gasteiger partial charge is 0.0670 e. The third-order valence-corrected chi connectivity index (χ3v) is 3.07. The maximum atomic E-state index is 8.73. The Bertz CT molecular complexity index is 600. The molecular weight excluding hydrogens is 258 g/mol. The SMILES string of the molecule is N#CCc1cc(NCc2ccc(Cl)cc2)ccc1N. The highest BCUT2D eigenvalue weighted by Crippen LogP contribution is 2.19. The van der Waals surface area contributed by atoms with E-state index in [0.717, 1.165) is 21.8 Å². The quantitative estimate of drug-likeness (QED) is 0.835. The van der Waals surface area contributed by atoms with Crippen molar-refractivity contribution in [2.75, 3.05) is 11.1 Å². The van der Waals surface area contributed by atoms with Crippen molar-refractivity contribution in [1.82, 2.24) is 0 Å². The van der Waals surface area contributed by atoms with E-state index in [9.17, 15) is 0 Å². The zero-order valence-electron chi connectivity index (χ0n) is 10.4. The number of hydrogen-bond donors (Lipinski definition) is 2. The van der Waals surface area contributed by atoms with Crippen LogP contribution in [0.3, 0.4) is 0 Å². The summed E-state index contributed by atoms with van der Waals surface area (Å²) in [5.74, 6) is 0. The molecule has 0 unspecified atom stereocenters.